The second-order valence-electron chi connectivity index (χ2n) is 2.85. The van der Waals surface area contributed by atoms with E-state index in [0.717, 1.165) is 18.2 Å². The quantitative estimate of drug-likeness (QED) is 0.700. The van der Waals surface area contributed by atoms with Gasteiger partial charge in [-0.25, -0.2) is 8.78 Å². The van der Waals surface area contributed by atoms with Crippen molar-refractivity contribution < 1.29 is 18.3 Å². The second-order valence-corrected chi connectivity index (χ2v) is 2.85. The highest BCUT2D eigenvalue weighted by Crippen LogP contribution is 2.21. The van der Waals surface area contributed by atoms with Crippen LogP contribution in [0, 0.1) is 11.6 Å². The minimum atomic E-state index is -0.548. The molecule has 4 heteroatoms. The van der Waals surface area contributed by atoms with Crippen molar-refractivity contribution in [3.63, 3.8) is 0 Å². The van der Waals surface area contributed by atoms with Crippen molar-refractivity contribution in [2.45, 2.75) is 6.10 Å². The standard InChI is InChI=1S/C9H8F2O2/c10-6-1-2-8(11)9(3-6)13-7-4-12-5-7/h1-3,7H,4-5H2. The minimum Gasteiger partial charge on any atom is -0.482 e. The van der Waals surface area contributed by atoms with E-state index in [1.54, 1.807) is 0 Å². The van der Waals surface area contributed by atoms with E-state index in [-0.39, 0.29) is 11.9 Å². The fourth-order valence-electron chi connectivity index (χ4n) is 1.03. The van der Waals surface area contributed by atoms with Crippen molar-refractivity contribution in [1.29, 1.82) is 0 Å². The van der Waals surface area contributed by atoms with Crippen LogP contribution in [0.5, 0.6) is 5.75 Å². The first-order valence-corrected chi connectivity index (χ1v) is 3.95. The molecule has 2 nitrogen and oxygen atoms in total. The third-order valence-corrected chi connectivity index (χ3v) is 1.79. The maximum absolute atomic E-state index is 13.0. The molecule has 1 aliphatic rings. The van der Waals surface area contributed by atoms with Gasteiger partial charge in [-0.15, -0.1) is 0 Å². The Morgan fingerprint density at radius 2 is 2.08 bits per heavy atom. The second kappa shape index (κ2) is 3.30. The largest absolute Gasteiger partial charge is 0.482 e. The van der Waals surface area contributed by atoms with Crippen molar-refractivity contribution in [1.82, 2.24) is 0 Å². The molecule has 0 atom stereocenters. The molecule has 0 aromatic heterocycles. The van der Waals surface area contributed by atoms with Crippen LogP contribution < -0.4 is 4.74 Å². The zero-order chi connectivity index (χ0) is 9.26. The van der Waals surface area contributed by atoms with Crippen molar-refractivity contribution in [2.75, 3.05) is 13.2 Å². The van der Waals surface area contributed by atoms with Crippen LogP contribution >= 0.6 is 0 Å². The molecule has 0 radical (unpaired) electrons. The summed E-state index contributed by atoms with van der Waals surface area (Å²) in [6.07, 6.45) is -0.142. The molecule has 1 aromatic rings. The molecule has 0 aliphatic carbocycles. The van der Waals surface area contributed by atoms with Gasteiger partial charge in [0.15, 0.2) is 11.6 Å². The molecule has 1 aliphatic heterocycles. The molecule has 0 bridgehead atoms. The van der Waals surface area contributed by atoms with Gasteiger partial charge in [0.05, 0.1) is 13.2 Å². The Morgan fingerprint density at radius 3 is 2.69 bits per heavy atom. The van der Waals surface area contributed by atoms with E-state index in [2.05, 4.69) is 0 Å². The fraction of sp³-hybridized carbons (Fsp3) is 0.333. The topological polar surface area (TPSA) is 18.5 Å². The Labute approximate surface area is 74.1 Å². The van der Waals surface area contributed by atoms with Crippen LogP contribution in [0.3, 0.4) is 0 Å². The highest BCUT2D eigenvalue weighted by molar-refractivity contribution is 5.25. The van der Waals surface area contributed by atoms with Crippen LogP contribution in [0.2, 0.25) is 0 Å². The van der Waals surface area contributed by atoms with E-state index >= 15 is 0 Å². The van der Waals surface area contributed by atoms with Crippen molar-refractivity contribution in [3.05, 3.63) is 29.8 Å². The van der Waals surface area contributed by atoms with Gasteiger partial charge in [0.25, 0.3) is 0 Å². The van der Waals surface area contributed by atoms with Crippen LogP contribution in [0.25, 0.3) is 0 Å². The number of rotatable bonds is 2. The van der Waals surface area contributed by atoms with E-state index in [1.807, 2.05) is 0 Å². The summed E-state index contributed by atoms with van der Waals surface area (Å²) in [7, 11) is 0. The lowest BCUT2D eigenvalue weighted by Crippen LogP contribution is -2.38. The third kappa shape index (κ3) is 1.78. The van der Waals surface area contributed by atoms with Crippen LogP contribution in [0.4, 0.5) is 8.78 Å². The molecule has 13 heavy (non-hydrogen) atoms. The Bertz CT molecular complexity index is 310. The molecule has 0 N–H and O–H groups in total. The smallest absolute Gasteiger partial charge is 0.165 e. The molecule has 1 heterocycles. The minimum absolute atomic E-state index is 0.0479. The first-order chi connectivity index (χ1) is 6.25. The number of hydrogen-bond donors (Lipinski definition) is 0. The Hall–Kier alpha value is -1.16. The van der Waals surface area contributed by atoms with E-state index in [0.29, 0.717) is 13.2 Å². The van der Waals surface area contributed by atoms with E-state index in [9.17, 15) is 8.78 Å². The molecule has 2 rings (SSSR count). The first-order valence-electron chi connectivity index (χ1n) is 3.95. The molecule has 1 aromatic carbocycles. The summed E-state index contributed by atoms with van der Waals surface area (Å²) in [5, 5.41) is 0. The van der Waals surface area contributed by atoms with Gasteiger partial charge >= 0.3 is 0 Å². The first kappa shape index (κ1) is 8.44. The molecular weight excluding hydrogens is 178 g/mol. The van der Waals surface area contributed by atoms with Crippen molar-refractivity contribution in [2.24, 2.45) is 0 Å². The zero-order valence-corrected chi connectivity index (χ0v) is 6.80. The average molecular weight is 186 g/mol. The normalized spacial score (nSPS) is 16.8. The van der Waals surface area contributed by atoms with Crippen molar-refractivity contribution in [3.8, 4) is 5.75 Å². The molecule has 1 saturated heterocycles. The highest BCUT2D eigenvalue weighted by Gasteiger charge is 2.21. The summed E-state index contributed by atoms with van der Waals surface area (Å²) in [4.78, 5) is 0. The van der Waals surface area contributed by atoms with Gasteiger partial charge in [-0.2, -0.15) is 0 Å². The number of hydrogen-bond acceptors (Lipinski definition) is 2. The van der Waals surface area contributed by atoms with Crippen molar-refractivity contribution >= 4 is 0 Å². The summed E-state index contributed by atoms with van der Waals surface area (Å²) in [6, 6.07) is 3.14. The fourth-order valence-corrected chi connectivity index (χ4v) is 1.03. The van der Waals surface area contributed by atoms with E-state index < -0.39 is 11.6 Å². The number of ether oxygens (including phenoxy) is 2. The molecule has 1 fully saturated rings. The van der Waals surface area contributed by atoms with Crippen LogP contribution in [-0.4, -0.2) is 19.3 Å². The maximum Gasteiger partial charge on any atom is 0.165 e. The SMILES string of the molecule is Fc1ccc(F)c(OC2COC2)c1. The van der Waals surface area contributed by atoms with Gasteiger partial charge in [-0.1, -0.05) is 0 Å². The Kier molecular flexibility index (Phi) is 2.14. The van der Waals surface area contributed by atoms with Crippen LogP contribution in [0.1, 0.15) is 0 Å². The predicted molar refractivity (Wildman–Crippen MR) is 41.6 cm³/mol. The predicted octanol–water partition coefficient (Wildman–Crippen LogP) is 1.74. The Morgan fingerprint density at radius 1 is 1.31 bits per heavy atom. The molecule has 70 valence electrons. The van der Waals surface area contributed by atoms with Gasteiger partial charge in [-0.05, 0) is 12.1 Å². The molecular formula is C9H8F2O2. The lowest BCUT2D eigenvalue weighted by Gasteiger charge is -2.26. The number of benzene rings is 1. The van der Waals surface area contributed by atoms with Gasteiger partial charge in [0.1, 0.15) is 11.9 Å². The molecule has 0 unspecified atom stereocenters. The van der Waals surface area contributed by atoms with Gasteiger partial charge in [0, 0.05) is 6.07 Å². The van der Waals surface area contributed by atoms with E-state index in [4.69, 9.17) is 9.47 Å². The van der Waals surface area contributed by atoms with Gasteiger partial charge < -0.3 is 9.47 Å². The average Bonchev–Trinajstić information content (AvgIpc) is 2.03. The summed E-state index contributed by atoms with van der Waals surface area (Å²) >= 11 is 0. The maximum atomic E-state index is 13.0. The molecule has 0 amide bonds. The summed E-state index contributed by atoms with van der Waals surface area (Å²) in [5.41, 5.74) is 0. The monoisotopic (exact) mass is 186 g/mol. The van der Waals surface area contributed by atoms with Gasteiger partial charge in [-0.3, -0.25) is 0 Å². The lowest BCUT2D eigenvalue weighted by atomic mass is 10.3. The summed E-state index contributed by atoms with van der Waals surface area (Å²) < 4.78 is 35.6. The van der Waals surface area contributed by atoms with E-state index in [1.165, 1.54) is 0 Å². The molecule has 0 saturated carbocycles. The zero-order valence-electron chi connectivity index (χ0n) is 6.80. The van der Waals surface area contributed by atoms with Crippen LogP contribution in [0.15, 0.2) is 18.2 Å². The summed E-state index contributed by atoms with van der Waals surface area (Å²) in [6.45, 7) is 0.881. The molecule has 0 spiro atoms. The number of halogens is 2. The highest BCUT2D eigenvalue weighted by atomic mass is 19.1. The summed E-state index contributed by atoms with van der Waals surface area (Å²) in [5.74, 6) is -1.10. The third-order valence-electron chi connectivity index (χ3n) is 1.79. The lowest BCUT2D eigenvalue weighted by molar-refractivity contribution is -0.0809. The Balaban J connectivity index is 2.13. The van der Waals surface area contributed by atoms with Crippen LogP contribution in [-0.2, 0) is 4.74 Å². The van der Waals surface area contributed by atoms with Gasteiger partial charge in [0.2, 0.25) is 0 Å².